The maximum absolute atomic E-state index is 11.1. The predicted octanol–water partition coefficient (Wildman–Crippen LogP) is 2.90. The van der Waals surface area contributed by atoms with Crippen molar-refractivity contribution >= 4 is 5.97 Å². The number of hydrogen-bond donors (Lipinski definition) is 2. The van der Waals surface area contributed by atoms with E-state index in [9.17, 15) is 4.79 Å². The molecule has 100 valence electrons. The van der Waals surface area contributed by atoms with Crippen LogP contribution in [0.15, 0.2) is 0 Å². The largest absolute Gasteiger partial charge is 0.480 e. The second-order valence-electron chi connectivity index (χ2n) is 6.05. The number of carbonyl (C=O) groups is 1. The molecule has 3 nitrogen and oxygen atoms in total. The summed E-state index contributed by atoms with van der Waals surface area (Å²) < 4.78 is 0. The van der Waals surface area contributed by atoms with Gasteiger partial charge in [0.15, 0.2) is 0 Å². The lowest BCUT2D eigenvalue weighted by molar-refractivity contribution is -0.140. The van der Waals surface area contributed by atoms with Gasteiger partial charge in [-0.05, 0) is 43.6 Å². The molecule has 0 bridgehead atoms. The fourth-order valence-electron chi connectivity index (χ4n) is 2.59. The first kappa shape index (κ1) is 14.5. The minimum absolute atomic E-state index is 0.366. The molecule has 0 aliphatic heterocycles. The molecule has 0 aromatic heterocycles. The normalized spacial score (nSPS) is 27.1. The first-order valence-corrected chi connectivity index (χ1v) is 6.95. The Balaban J connectivity index is 2.29. The Labute approximate surface area is 105 Å². The van der Waals surface area contributed by atoms with E-state index < -0.39 is 5.97 Å². The van der Waals surface area contributed by atoms with Gasteiger partial charge in [-0.3, -0.25) is 4.79 Å². The Hall–Kier alpha value is -0.570. The van der Waals surface area contributed by atoms with Gasteiger partial charge in [0.1, 0.15) is 6.04 Å². The Bertz CT molecular complexity index is 232. The lowest BCUT2D eigenvalue weighted by Gasteiger charge is -2.27. The van der Waals surface area contributed by atoms with Gasteiger partial charge < -0.3 is 10.4 Å². The van der Waals surface area contributed by atoms with Gasteiger partial charge in [0.25, 0.3) is 0 Å². The average molecular weight is 241 g/mol. The maximum atomic E-state index is 11.1. The Kier molecular flexibility index (Phi) is 5.96. The molecule has 1 atom stereocenters. The lowest BCUT2D eigenvalue weighted by atomic mass is 9.83. The summed E-state index contributed by atoms with van der Waals surface area (Å²) in [4.78, 5) is 11.1. The van der Waals surface area contributed by atoms with Gasteiger partial charge in [-0.1, -0.05) is 33.6 Å². The fourth-order valence-corrected chi connectivity index (χ4v) is 2.59. The highest BCUT2D eigenvalue weighted by atomic mass is 16.4. The number of carboxylic acid groups (broad SMARTS) is 1. The summed E-state index contributed by atoms with van der Waals surface area (Å²) >= 11 is 0. The van der Waals surface area contributed by atoms with Gasteiger partial charge in [-0.15, -0.1) is 0 Å². The van der Waals surface area contributed by atoms with Gasteiger partial charge in [-0.2, -0.15) is 0 Å². The van der Waals surface area contributed by atoms with Crippen LogP contribution in [0.1, 0.15) is 52.9 Å². The van der Waals surface area contributed by atoms with Crippen LogP contribution in [0.2, 0.25) is 0 Å². The van der Waals surface area contributed by atoms with Crippen molar-refractivity contribution in [1.29, 1.82) is 0 Å². The molecular formula is C14H27NO2. The van der Waals surface area contributed by atoms with Crippen LogP contribution in [-0.2, 0) is 4.79 Å². The number of aliphatic carboxylic acids is 1. The van der Waals surface area contributed by atoms with E-state index in [-0.39, 0.29) is 6.04 Å². The quantitative estimate of drug-likeness (QED) is 0.751. The predicted molar refractivity (Wildman–Crippen MR) is 70.0 cm³/mol. The lowest BCUT2D eigenvalue weighted by Crippen LogP contribution is -2.40. The highest BCUT2D eigenvalue weighted by molar-refractivity contribution is 5.73. The number of hydrogen-bond acceptors (Lipinski definition) is 2. The van der Waals surface area contributed by atoms with Gasteiger partial charge in [0, 0.05) is 0 Å². The van der Waals surface area contributed by atoms with E-state index in [2.05, 4.69) is 26.1 Å². The molecule has 0 heterocycles. The summed E-state index contributed by atoms with van der Waals surface area (Å²) in [6.45, 7) is 7.32. The average Bonchev–Trinajstić information content (AvgIpc) is 2.25. The van der Waals surface area contributed by atoms with Crippen molar-refractivity contribution in [3.8, 4) is 0 Å². The Morgan fingerprint density at radius 3 is 2.35 bits per heavy atom. The molecule has 1 aliphatic rings. The topological polar surface area (TPSA) is 49.3 Å². The van der Waals surface area contributed by atoms with Crippen LogP contribution in [0.5, 0.6) is 0 Å². The second kappa shape index (κ2) is 7.00. The van der Waals surface area contributed by atoms with E-state index in [4.69, 9.17) is 5.11 Å². The molecule has 1 fully saturated rings. The molecule has 1 aliphatic carbocycles. The third-order valence-corrected chi connectivity index (χ3v) is 3.79. The SMILES string of the molecule is CC(C)CC(NCC1CCC(C)CC1)C(=O)O. The third kappa shape index (κ3) is 5.53. The van der Waals surface area contributed by atoms with Crippen LogP contribution in [0.3, 0.4) is 0 Å². The Morgan fingerprint density at radius 2 is 1.88 bits per heavy atom. The van der Waals surface area contributed by atoms with E-state index in [1.54, 1.807) is 0 Å². The van der Waals surface area contributed by atoms with Gasteiger partial charge in [0.2, 0.25) is 0 Å². The molecule has 0 aromatic carbocycles. The molecule has 1 rings (SSSR count). The van der Waals surface area contributed by atoms with E-state index in [1.165, 1.54) is 25.7 Å². The molecule has 17 heavy (non-hydrogen) atoms. The minimum atomic E-state index is -0.706. The van der Waals surface area contributed by atoms with Crippen molar-refractivity contribution in [2.24, 2.45) is 17.8 Å². The standard InChI is InChI=1S/C14H27NO2/c1-10(2)8-13(14(16)17)15-9-12-6-4-11(3)5-7-12/h10-13,15H,4-9H2,1-3H3,(H,16,17). The summed E-state index contributed by atoms with van der Waals surface area (Å²) in [6.07, 6.45) is 5.82. The minimum Gasteiger partial charge on any atom is -0.480 e. The first-order chi connectivity index (χ1) is 7.99. The van der Waals surface area contributed by atoms with E-state index in [0.717, 1.165) is 18.9 Å². The summed E-state index contributed by atoms with van der Waals surface area (Å²) in [7, 11) is 0. The van der Waals surface area contributed by atoms with Gasteiger partial charge in [-0.25, -0.2) is 0 Å². The molecule has 0 radical (unpaired) electrons. The number of nitrogens with one attached hydrogen (secondary N) is 1. The summed E-state index contributed by atoms with van der Waals surface area (Å²) in [6, 6.07) is -0.366. The monoisotopic (exact) mass is 241 g/mol. The van der Waals surface area contributed by atoms with Crippen LogP contribution in [0.4, 0.5) is 0 Å². The van der Waals surface area contributed by atoms with Crippen molar-refractivity contribution in [3.05, 3.63) is 0 Å². The second-order valence-corrected chi connectivity index (χ2v) is 6.05. The van der Waals surface area contributed by atoms with Crippen molar-refractivity contribution in [3.63, 3.8) is 0 Å². The van der Waals surface area contributed by atoms with Crippen LogP contribution < -0.4 is 5.32 Å². The zero-order chi connectivity index (χ0) is 12.8. The molecule has 0 aromatic rings. The zero-order valence-electron chi connectivity index (χ0n) is 11.4. The van der Waals surface area contributed by atoms with E-state index >= 15 is 0 Å². The van der Waals surface area contributed by atoms with E-state index in [0.29, 0.717) is 11.8 Å². The maximum Gasteiger partial charge on any atom is 0.320 e. The zero-order valence-corrected chi connectivity index (χ0v) is 11.4. The molecule has 0 amide bonds. The van der Waals surface area contributed by atoms with Crippen LogP contribution in [0, 0.1) is 17.8 Å². The fraction of sp³-hybridized carbons (Fsp3) is 0.929. The smallest absolute Gasteiger partial charge is 0.320 e. The van der Waals surface area contributed by atoms with Crippen LogP contribution in [0.25, 0.3) is 0 Å². The third-order valence-electron chi connectivity index (χ3n) is 3.79. The molecule has 3 heteroatoms. The first-order valence-electron chi connectivity index (χ1n) is 6.95. The van der Waals surface area contributed by atoms with Crippen LogP contribution in [-0.4, -0.2) is 23.7 Å². The highest BCUT2D eigenvalue weighted by Gasteiger charge is 2.22. The molecule has 0 saturated heterocycles. The van der Waals surface area contributed by atoms with Crippen LogP contribution >= 0.6 is 0 Å². The van der Waals surface area contributed by atoms with Crippen molar-refractivity contribution in [2.75, 3.05) is 6.54 Å². The summed E-state index contributed by atoms with van der Waals surface area (Å²) in [5, 5.41) is 12.4. The molecule has 2 N–H and O–H groups in total. The molecule has 1 unspecified atom stereocenters. The highest BCUT2D eigenvalue weighted by Crippen LogP contribution is 2.27. The Morgan fingerprint density at radius 1 is 1.29 bits per heavy atom. The van der Waals surface area contributed by atoms with E-state index in [1.807, 2.05) is 0 Å². The number of carboxylic acids is 1. The molecule has 0 spiro atoms. The molecule has 1 saturated carbocycles. The van der Waals surface area contributed by atoms with Gasteiger partial charge >= 0.3 is 5.97 Å². The summed E-state index contributed by atoms with van der Waals surface area (Å²) in [5.41, 5.74) is 0. The number of rotatable bonds is 6. The summed E-state index contributed by atoms with van der Waals surface area (Å²) in [5.74, 6) is 1.26. The molecular weight excluding hydrogens is 214 g/mol. The van der Waals surface area contributed by atoms with Crippen molar-refractivity contribution in [1.82, 2.24) is 5.32 Å². The van der Waals surface area contributed by atoms with Crippen molar-refractivity contribution in [2.45, 2.75) is 58.9 Å². The van der Waals surface area contributed by atoms with Crippen molar-refractivity contribution < 1.29 is 9.90 Å². The van der Waals surface area contributed by atoms with Gasteiger partial charge in [0.05, 0.1) is 0 Å².